The lowest BCUT2D eigenvalue weighted by atomic mass is 9.99. The van der Waals surface area contributed by atoms with Crippen LogP contribution in [0.2, 0.25) is 0 Å². The SMILES string of the molecule is CCCOC1CCCN(C(CN)c2ccc(Br)c(C)c2)C1. The fraction of sp³-hybridized carbons (Fsp3) is 0.647. The highest BCUT2D eigenvalue weighted by Crippen LogP contribution is 2.27. The molecule has 0 saturated carbocycles. The molecule has 3 nitrogen and oxygen atoms in total. The maximum absolute atomic E-state index is 6.08. The molecule has 1 fully saturated rings. The summed E-state index contributed by atoms with van der Waals surface area (Å²) in [7, 11) is 0. The molecule has 2 atom stereocenters. The molecule has 0 amide bonds. The summed E-state index contributed by atoms with van der Waals surface area (Å²) in [6.45, 7) is 7.92. The molecular weight excluding hydrogens is 328 g/mol. The third kappa shape index (κ3) is 4.52. The summed E-state index contributed by atoms with van der Waals surface area (Å²) in [4.78, 5) is 2.49. The van der Waals surface area contributed by atoms with Gasteiger partial charge in [-0.15, -0.1) is 0 Å². The van der Waals surface area contributed by atoms with Crippen LogP contribution in [-0.4, -0.2) is 37.2 Å². The molecule has 1 aromatic rings. The molecule has 2 N–H and O–H groups in total. The van der Waals surface area contributed by atoms with E-state index in [0.29, 0.717) is 18.7 Å². The minimum absolute atomic E-state index is 0.296. The first-order chi connectivity index (χ1) is 10.2. The zero-order chi connectivity index (χ0) is 15.2. The van der Waals surface area contributed by atoms with Crippen molar-refractivity contribution in [2.75, 3.05) is 26.2 Å². The van der Waals surface area contributed by atoms with Gasteiger partial charge in [-0.05, 0) is 49.9 Å². The molecule has 2 rings (SSSR count). The smallest absolute Gasteiger partial charge is 0.0702 e. The molecule has 0 spiro atoms. The Bertz CT molecular complexity index is 452. The van der Waals surface area contributed by atoms with Crippen LogP contribution in [0, 0.1) is 6.92 Å². The largest absolute Gasteiger partial charge is 0.377 e. The second kappa shape index (κ2) is 8.28. The van der Waals surface area contributed by atoms with Gasteiger partial charge in [0.25, 0.3) is 0 Å². The number of likely N-dealkylation sites (tertiary alicyclic amines) is 1. The summed E-state index contributed by atoms with van der Waals surface area (Å²) in [6, 6.07) is 6.86. The molecule has 1 heterocycles. The van der Waals surface area contributed by atoms with Crippen LogP contribution < -0.4 is 5.73 Å². The van der Waals surface area contributed by atoms with Gasteiger partial charge in [0.1, 0.15) is 0 Å². The highest BCUT2D eigenvalue weighted by Gasteiger charge is 2.26. The Morgan fingerprint density at radius 1 is 1.48 bits per heavy atom. The first kappa shape index (κ1) is 16.9. The summed E-state index contributed by atoms with van der Waals surface area (Å²) in [5, 5.41) is 0. The minimum Gasteiger partial charge on any atom is -0.377 e. The summed E-state index contributed by atoms with van der Waals surface area (Å²) in [5.74, 6) is 0. The molecular formula is C17H27BrN2O. The van der Waals surface area contributed by atoms with Gasteiger partial charge >= 0.3 is 0 Å². The van der Waals surface area contributed by atoms with Crippen LogP contribution in [0.4, 0.5) is 0 Å². The monoisotopic (exact) mass is 354 g/mol. The Morgan fingerprint density at radius 2 is 2.29 bits per heavy atom. The average molecular weight is 355 g/mol. The first-order valence-electron chi connectivity index (χ1n) is 7.97. The number of halogens is 1. The Kier molecular flexibility index (Phi) is 6.68. The zero-order valence-corrected chi connectivity index (χ0v) is 14.7. The van der Waals surface area contributed by atoms with Gasteiger partial charge in [0.05, 0.1) is 6.10 Å². The van der Waals surface area contributed by atoms with Gasteiger partial charge in [-0.2, -0.15) is 0 Å². The van der Waals surface area contributed by atoms with Crippen molar-refractivity contribution >= 4 is 15.9 Å². The van der Waals surface area contributed by atoms with Gasteiger partial charge in [-0.3, -0.25) is 4.90 Å². The number of ether oxygens (including phenoxy) is 1. The van der Waals surface area contributed by atoms with Crippen molar-refractivity contribution in [3.8, 4) is 0 Å². The quantitative estimate of drug-likeness (QED) is 0.847. The van der Waals surface area contributed by atoms with Crippen LogP contribution in [0.5, 0.6) is 0 Å². The molecule has 0 aliphatic carbocycles. The summed E-state index contributed by atoms with van der Waals surface area (Å²) < 4.78 is 7.10. The van der Waals surface area contributed by atoms with Crippen LogP contribution in [0.1, 0.15) is 43.4 Å². The fourth-order valence-electron chi connectivity index (χ4n) is 3.04. The van der Waals surface area contributed by atoms with E-state index in [9.17, 15) is 0 Å². The number of hydrogen-bond acceptors (Lipinski definition) is 3. The highest BCUT2D eigenvalue weighted by atomic mass is 79.9. The van der Waals surface area contributed by atoms with E-state index in [4.69, 9.17) is 10.5 Å². The number of nitrogens with two attached hydrogens (primary N) is 1. The van der Waals surface area contributed by atoms with Crippen LogP contribution in [0.3, 0.4) is 0 Å². The van der Waals surface area contributed by atoms with Crippen LogP contribution in [-0.2, 0) is 4.74 Å². The molecule has 0 radical (unpaired) electrons. The first-order valence-corrected chi connectivity index (χ1v) is 8.76. The van der Waals surface area contributed by atoms with Crippen molar-refractivity contribution in [2.45, 2.75) is 45.3 Å². The van der Waals surface area contributed by atoms with E-state index in [0.717, 1.165) is 30.6 Å². The molecule has 4 heteroatoms. The van der Waals surface area contributed by atoms with Crippen LogP contribution in [0.15, 0.2) is 22.7 Å². The second-order valence-corrected chi connectivity index (χ2v) is 6.74. The van der Waals surface area contributed by atoms with Gasteiger partial charge in [-0.1, -0.05) is 35.0 Å². The third-order valence-corrected chi connectivity index (χ3v) is 5.09. The molecule has 1 aliphatic heterocycles. The number of benzene rings is 1. The van der Waals surface area contributed by atoms with Crippen molar-refractivity contribution in [3.05, 3.63) is 33.8 Å². The van der Waals surface area contributed by atoms with Gasteiger partial charge in [0, 0.05) is 30.2 Å². The Morgan fingerprint density at radius 3 is 2.95 bits per heavy atom. The predicted octanol–water partition coefficient (Wildman–Crippen LogP) is 3.65. The average Bonchev–Trinajstić information content (AvgIpc) is 2.50. The lowest BCUT2D eigenvalue weighted by Gasteiger charge is -2.38. The van der Waals surface area contributed by atoms with Crippen molar-refractivity contribution < 1.29 is 4.74 Å². The standard InChI is InChI=1S/C17H27BrN2O/c1-3-9-21-15-5-4-8-20(12-15)17(11-19)14-6-7-16(18)13(2)10-14/h6-7,10,15,17H,3-5,8-9,11-12,19H2,1-2H3. The van der Waals surface area contributed by atoms with E-state index < -0.39 is 0 Å². The lowest BCUT2D eigenvalue weighted by Crippen LogP contribution is -2.44. The molecule has 0 bridgehead atoms. The summed E-state index contributed by atoms with van der Waals surface area (Å²) >= 11 is 3.57. The fourth-order valence-corrected chi connectivity index (χ4v) is 3.29. The molecule has 1 saturated heterocycles. The zero-order valence-electron chi connectivity index (χ0n) is 13.1. The molecule has 2 unspecified atom stereocenters. The maximum atomic E-state index is 6.08. The second-order valence-electron chi connectivity index (χ2n) is 5.89. The van der Waals surface area contributed by atoms with E-state index >= 15 is 0 Å². The van der Waals surface area contributed by atoms with Gasteiger partial charge in [0.2, 0.25) is 0 Å². The molecule has 1 aromatic carbocycles. The van der Waals surface area contributed by atoms with Crippen molar-refractivity contribution in [1.29, 1.82) is 0 Å². The molecule has 21 heavy (non-hydrogen) atoms. The van der Waals surface area contributed by atoms with E-state index in [1.807, 2.05) is 0 Å². The van der Waals surface area contributed by atoms with Crippen molar-refractivity contribution in [1.82, 2.24) is 4.90 Å². The van der Waals surface area contributed by atoms with E-state index in [-0.39, 0.29) is 0 Å². The van der Waals surface area contributed by atoms with Gasteiger partial charge in [0.15, 0.2) is 0 Å². The van der Waals surface area contributed by atoms with Gasteiger partial charge < -0.3 is 10.5 Å². The van der Waals surface area contributed by atoms with Crippen molar-refractivity contribution in [2.24, 2.45) is 5.73 Å². The summed E-state index contributed by atoms with van der Waals surface area (Å²) in [6.07, 6.45) is 3.82. The predicted molar refractivity (Wildman–Crippen MR) is 91.5 cm³/mol. The Labute approximate surface area is 137 Å². The number of aryl methyl sites for hydroxylation is 1. The number of rotatable bonds is 6. The Balaban J connectivity index is 2.07. The van der Waals surface area contributed by atoms with Crippen molar-refractivity contribution in [3.63, 3.8) is 0 Å². The topological polar surface area (TPSA) is 38.5 Å². The van der Waals surface area contributed by atoms with E-state index in [1.54, 1.807) is 0 Å². The summed E-state index contributed by atoms with van der Waals surface area (Å²) in [5.41, 5.74) is 8.65. The number of nitrogens with zero attached hydrogens (tertiary/aromatic N) is 1. The minimum atomic E-state index is 0.296. The third-order valence-electron chi connectivity index (χ3n) is 4.20. The van der Waals surface area contributed by atoms with Crippen LogP contribution in [0.25, 0.3) is 0 Å². The van der Waals surface area contributed by atoms with Crippen LogP contribution >= 0.6 is 15.9 Å². The maximum Gasteiger partial charge on any atom is 0.0702 e. The molecule has 1 aliphatic rings. The van der Waals surface area contributed by atoms with Gasteiger partial charge in [-0.25, -0.2) is 0 Å². The van der Waals surface area contributed by atoms with E-state index in [2.05, 4.69) is 52.9 Å². The number of hydrogen-bond donors (Lipinski definition) is 1. The van der Waals surface area contributed by atoms with E-state index in [1.165, 1.54) is 24.0 Å². The highest BCUT2D eigenvalue weighted by molar-refractivity contribution is 9.10. The molecule has 118 valence electrons. The normalized spacial score (nSPS) is 21.4. The lowest BCUT2D eigenvalue weighted by molar-refractivity contribution is -0.0118. The Hall–Kier alpha value is -0.420. The molecule has 0 aromatic heterocycles. The number of piperidine rings is 1.